The second-order valence-electron chi connectivity index (χ2n) is 4.97. The molecule has 1 fully saturated rings. The van der Waals surface area contributed by atoms with Crippen LogP contribution in [-0.4, -0.2) is 17.6 Å². The summed E-state index contributed by atoms with van der Waals surface area (Å²) in [5.41, 5.74) is 3.14. The van der Waals surface area contributed by atoms with Crippen molar-refractivity contribution in [2.24, 2.45) is 5.92 Å². The minimum absolute atomic E-state index is 0.668. The first kappa shape index (κ1) is 12.1. The van der Waals surface area contributed by atoms with Gasteiger partial charge in [-0.3, -0.25) is 0 Å². The summed E-state index contributed by atoms with van der Waals surface area (Å²) in [4.78, 5) is 4.29. The summed E-state index contributed by atoms with van der Waals surface area (Å²) < 4.78 is 0. The molecule has 0 aliphatic heterocycles. The average molecular weight is 238 g/mol. The zero-order valence-corrected chi connectivity index (χ0v) is 10.9. The van der Waals surface area contributed by atoms with E-state index in [2.05, 4.69) is 22.6 Å². The van der Waals surface area contributed by atoms with E-state index in [1.54, 1.807) is 11.3 Å². The fourth-order valence-corrected chi connectivity index (χ4v) is 3.23. The van der Waals surface area contributed by atoms with Gasteiger partial charge < -0.3 is 5.32 Å². The van der Waals surface area contributed by atoms with Crippen LogP contribution < -0.4 is 5.32 Å². The minimum atomic E-state index is 0.668. The van der Waals surface area contributed by atoms with Gasteiger partial charge >= 0.3 is 0 Å². The third-order valence-electron chi connectivity index (χ3n) is 3.52. The molecule has 1 aromatic rings. The minimum Gasteiger partial charge on any atom is -0.314 e. The molecule has 3 heteroatoms. The molecule has 0 spiro atoms. The van der Waals surface area contributed by atoms with Crippen LogP contribution in [0.15, 0.2) is 10.9 Å². The molecule has 1 heterocycles. The summed E-state index contributed by atoms with van der Waals surface area (Å²) in [6, 6.07) is 0.668. The topological polar surface area (TPSA) is 24.9 Å². The van der Waals surface area contributed by atoms with Crippen molar-refractivity contribution in [2.45, 2.75) is 51.5 Å². The van der Waals surface area contributed by atoms with Crippen LogP contribution in [0, 0.1) is 5.92 Å². The lowest BCUT2D eigenvalue weighted by Crippen LogP contribution is -2.29. The fourth-order valence-electron chi connectivity index (χ4n) is 2.64. The van der Waals surface area contributed by atoms with Gasteiger partial charge in [0.1, 0.15) is 0 Å². The Morgan fingerprint density at radius 1 is 1.50 bits per heavy atom. The fraction of sp³-hybridized carbons (Fsp3) is 0.769. The Morgan fingerprint density at radius 2 is 2.31 bits per heavy atom. The summed E-state index contributed by atoms with van der Waals surface area (Å²) >= 11 is 1.69. The monoisotopic (exact) mass is 238 g/mol. The molecule has 1 unspecified atom stereocenters. The molecule has 0 bridgehead atoms. The number of rotatable bonds is 6. The number of nitrogens with zero attached hydrogens (tertiary/aromatic N) is 1. The van der Waals surface area contributed by atoms with Gasteiger partial charge in [0.25, 0.3) is 0 Å². The smallest absolute Gasteiger partial charge is 0.0794 e. The van der Waals surface area contributed by atoms with Crippen LogP contribution in [0.25, 0.3) is 0 Å². The third-order valence-corrected chi connectivity index (χ3v) is 4.15. The molecular weight excluding hydrogens is 216 g/mol. The van der Waals surface area contributed by atoms with E-state index in [1.807, 2.05) is 5.51 Å². The maximum atomic E-state index is 4.29. The normalized spacial score (nSPS) is 19.1. The number of hydrogen-bond donors (Lipinski definition) is 1. The zero-order chi connectivity index (χ0) is 11.2. The number of aromatic nitrogens is 1. The van der Waals surface area contributed by atoms with Gasteiger partial charge in [-0.2, -0.15) is 0 Å². The van der Waals surface area contributed by atoms with Gasteiger partial charge in [0.15, 0.2) is 0 Å². The van der Waals surface area contributed by atoms with Crippen molar-refractivity contribution < 1.29 is 0 Å². The first-order valence-electron chi connectivity index (χ1n) is 6.45. The summed E-state index contributed by atoms with van der Waals surface area (Å²) in [6.45, 7) is 3.39. The van der Waals surface area contributed by atoms with E-state index in [1.165, 1.54) is 37.8 Å². The standard InChI is InChI=1S/C13H22N2S/c1-11(8-12-4-2-3-5-12)14-7-6-13-9-16-10-15-13/h9-12,14H,2-8H2,1H3. The van der Waals surface area contributed by atoms with Crippen molar-refractivity contribution in [2.75, 3.05) is 6.54 Å². The summed E-state index contributed by atoms with van der Waals surface area (Å²) in [7, 11) is 0. The van der Waals surface area contributed by atoms with Gasteiger partial charge in [-0.25, -0.2) is 4.98 Å². The van der Waals surface area contributed by atoms with Gasteiger partial charge in [-0.05, 0) is 19.3 Å². The molecule has 2 nitrogen and oxygen atoms in total. The van der Waals surface area contributed by atoms with E-state index in [0.717, 1.165) is 18.9 Å². The molecule has 1 N–H and O–H groups in total. The second-order valence-corrected chi connectivity index (χ2v) is 5.69. The van der Waals surface area contributed by atoms with Crippen LogP contribution in [0.4, 0.5) is 0 Å². The molecule has 0 saturated heterocycles. The summed E-state index contributed by atoms with van der Waals surface area (Å²) in [5, 5.41) is 5.75. The maximum Gasteiger partial charge on any atom is 0.0794 e. The number of thiazole rings is 1. The highest BCUT2D eigenvalue weighted by atomic mass is 32.1. The van der Waals surface area contributed by atoms with Crippen molar-refractivity contribution >= 4 is 11.3 Å². The highest BCUT2D eigenvalue weighted by Gasteiger charge is 2.17. The number of hydrogen-bond acceptors (Lipinski definition) is 3. The van der Waals surface area contributed by atoms with Gasteiger partial charge in [-0.1, -0.05) is 25.7 Å². The van der Waals surface area contributed by atoms with E-state index in [-0.39, 0.29) is 0 Å². The van der Waals surface area contributed by atoms with E-state index >= 15 is 0 Å². The quantitative estimate of drug-likeness (QED) is 0.823. The first-order valence-corrected chi connectivity index (χ1v) is 7.39. The van der Waals surface area contributed by atoms with Crippen LogP contribution in [0.5, 0.6) is 0 Å². The van der Waals surface area contributed by atoms with Crippen molar-refractivity contribution in [1.82, 2.24) is 10.3 Å². The van der Waals surface area contributed by atoms with Crippen LogP contribution in [0.3, 0.4) is 0 Å². The van der Waals surface area contributed by atoms with E-state index in [0.29, 0.717) is 6.04 Å². The molecule has 1 aliphatic rings. The van der Waals surface area contributed by atoms with Crippen LogP contribution in [0.1, 0.15) is 44.7 Å². The predicted molar refractivity (Wildman–Crippen MR) is 69.9 cm³/mol. The molecule has 1 aromatic heterocycles. The van der Waals surface area contributed by atoms with Crippen LogP contribution in [-0.2, 0) is 6.42 Å². The Balaban J connectivity index is 1.58. The molecule has 1 aliphatic carbocycles. The Labute approximate surface area is 102 Å². The van der Waals surface area contributed by atoms with Crippen molar-refractivity contribution in [3.05, 3.63) is 16.6 Å². The first-order chi connectivity index (χ1) is 7.84. The summed E-state index contributed by atoms with van der Waals surface area (Å²) in [5.74, 6) is 0.988. The van der Waals surface area contributed by atoms with Crippen molar-refractivity contribution in [3.63, 3.8) is 0 Å². The molecule has 90 valence electrons. The Morgan fingerprint density at radius 3 is 3.00 bits per heavy atom. The lowest BCUT2D eigenvalue weighted by atomic mass is 9.99. The summed E-state index contributed by atoms with van der Waals surface area (Å²) in [6.07, 6.45) is 8.25. The van der Waals surface area contributed by atoms with Gasteiger partial charge in [0.2, 0.25) is 0 Å². The Hall–Kier alpha value is -0.410. The lowest BCUT2D eigenvalue weighted by Gasteiger charge is -2.17. The third kappa shape index (κ3) is 3.87. The second kappa shape index (κ2) is 6.36. The van der Waals surface area contributed by atoms with Crippen LogP contribution in [0.2, 0.25) is 0 Å². The SMILES string of the molecule is CC(CC1CCCC1)NCCc1cscn1. The molecular formula is C13H22N2S. The molecule has 0 radical (unpaired) electrons. The molecule has 1 atom stereocenters. The average Bonchev–Trinajstić information content (AvgIpc) is 2.90. The predicted octanol–water partition coefficient (Wildman–Crippen LogP) is 3.24. The van der Waals surface area contributed by atoms with Crippen molar-refractivity contribution in [3.8, 4) is 0 Å². The van der Waals surface area contributed by atoms with Crippen LogP contribution >= 0.6 is 11.3 Å². The largest absolute Gasteiger partial charge is 0.314 e. The highest BCUT2D eigenvalue weighted by Crippen LogP contribution is 2.28. The molecule has 2 rings (SSSR count). The number of nitrogens with one attached hydrogen (secondary N) is 1. The lowest BCUT2D eigenvalue weighted by molar-refractivity contribution is 0.407. The zero-order valence-electron chi connectivity index (χ0n) is 10.1. The Bertz CT molecular complexity index is 278. The van der Waals surface area contributed by atoms with E-state index in [9.17, 15) is 0 Å². The van der Waals surface area contributed by atoms with E-state index < -0.39 is 0 Å². The van der Waals surface area contributed by atoms with Gasteiger partial charge in [-0.15, -0.1) is 11.3 Å². The molecule has 0 aromatic carbocycles. The molecule has 16 heavy (non-hydrogen) atoms. The maximum absolute atomic E-state index is 4.29. The Kier molecular flexibility index (Phi) is 4.79. The van der Waals surface area contributed by atoms with Gasteiger partial charge in [0, 0.05) is 24.4 Å². The molecule has 0 amide bonds. The van der Waals surface area contributed by atoms with E-state index in [4.69, 9.17) is 0 Å². The van der Waals surface area contributed by atoms with Gasteiger partial charge in [0.05, 0.1) is 11.2 Å². The molecule has 1 saturated carbocycles. The highest BCUT2D eigenvalue weighted by molar-refractivity contribution is 7.07. The van der Waals surface area contributed by atoms with Crippen molar-refractivity contribution in [1.29, 1.82) is 0 Å².